The minimum atomic E-state index is 0. The summed E-state index contributed by atoms with van der Waals surface area (Å²) in [6, 6.07) is 5.92. The van der Waals surface area contributed by atoms with Gasteiger partial charge in [-0.15, -0.1) is 24.2 Å². The maximum absolute atomic E-state index is 12.2. The van der Waals surface area contributed by atoms with Crippen molar-refractivity contribution in [2.45, 2.75) is 36.5 Å². The Balaban J connectivity index is 0.00000242. The van der Waals surface area contributed by atoms with E-state index in [4.69, 9.17) is 11.6 Å². The molecule has 0 spiro atoms. The standard InChI is InChI=1S/C15H21ClN2OS2.ClH/c1-10(2)21-15-12(16)4-3-5-13(15)18-14(19)8-11-9-20-7-6-17-11;/h3-5,10-11,17H,6-9H2,1-2H3,(H,18,19);1H. The molecule has 0 bridgehead atoms. The lowest BCUT2D eigenvalue weighted by atomic mass is 10.2. The first kappa shape index (κ1) is 20.0. The Bertz CT molecular complexity index is 494. The monoisotopic (exact) mass is 380 g/mol. The highest BCUT2D eigenvalue weighted by Crippen LogP contribution is 2.36. The van der Waals surface area contributed by atoms with Gasteiger partial charge in [-0.25, -0.2) is 0 Å². The van der Waals surface area contributed by atoms with Crippen LogP contribution in [0.4, 0.5) is 5.69 Å². The van der Waals surface area contributed by atoms with Crippen LogP contribution in [0.5, 0.6) is 0 Å². The number of halogens is 2. The fourth-order valence-electron chi connectivity index (χ4n) is 2.14. The third-order valence-electron chi connectivity index (χ3n) is 3.02. The van der Waals surface area contributed by atoms with Crippen molar-refractivity contribution >= 4 is 59.1 Å². The number of carbonyl (C=O) groups excluding carboxylic acids is 1. The molecule has 1 saturated heterocycles. The zero-order valence-corrected chi connectivity index (χ0v) is 15.9. The van der Waals surface area contributed by atoms with Crippen molar-refractivity contribution in [3.05, 3.63) is 23.2 Å². The Labute approximate surface area is 152 Å². The summed E-state index contributed by atoms with van der Waals surface area (Å²) >= 11 is 9.83. The minimum Gasteiger partial charge on any atom is -0.325 e. The summed E-state index contributed by atoms with van der Waals surface area (Å²) in [5.74, 6) is 2.17. The van der Waals surface area contributed by atoms with Gasteiger partial charge in [0.05, 0.1) is 10.7 Å². The summed E-state index contributed by atoms with van der Waals surface area (Å²) in [5, 5.41) is 7.50. The second kappa shape index (κ2) is 9.93. The molecule has 1 fully saturated rings. The molecule has 1 aliphatic rings. The summed E-state index contributed by atoms with van der Waals surface area (Å²) in [6.45, 7) is 5.21. The maximum Gasteiger partial charge on any atom is 0.226 e. The maximum atomic E-state index is 12.2. The highest BCUT2D eigenvalue weighted by atomic mass is 35.5. The normalized spacial score (nSPS) is 17.9. The van der Waals surface area contributed by atoms with E-state index in [0.29, 0.717) is 16.7 Å². The van der Waals surface area contributed by atoms with Gasteiger partial charge in [0.15, 0.2) is 0 Å². The summed E-state index contributed by atoms with van der Waals surface area (Å²) in [5.41, 5.74) is 0.815. The van der Waals surface area contributed by atoms with E-state index in [1.807, 2.05) is 30.0 Å². The third kappa shape index (κ3) is 6.20. The van der Waals surface area contributed by atoms with Gasteiger partial charge in [0.2, 0.25) is 5.91 Å². The fraction of sp³-hybridized carbons (Fsp3) is 0.533. The smallest absolute Gasteiger partial charge is 0.226 e. The lowest BCUT2D eigenvalue weighted by Gasteiger charge is -2.23. The predicted molar refractivity (Wildman–Crippen MR) is 102 cm³/mol. The molecule has 2 rings (SSSR count). The van der Waals surface area contributed by atoms with Gasteiger partial charge in [-0.05, 0) is 12.1 Å². The zero-order chi connectivity index (χ0) is 15.2. The van der Waals surface area contributed by atoms with Gasteiger partial charge in [-0.1, -0.05) is 31.5 Å². The van der Waals surface area contributed by atoms with Crippen LogP contribution in [-0.2, 0) is 4.79 Å². The number of thioether (sulfide) groups is 2. The van der Waals surface area contributed by atoms with Crippen LogP contribution in [0.3, 0.4) is 0 Å². The molecule has 1 aromatic rings. The average molecular weight is 381 g/mol. The molecule has 0 radical (unpaired) electrons. The zero-order valence-electron chi connectivity index (χ0n) is 12.7. The van der Waals surface area contributed by atoms with Crippen molar-refractivity contribution in [2.75, 3.05) is 23.4 Å². The van der Waals surface area contributed by atoms with Crippen LogP contribution in [0.15, 0.2) is 23.1 Å². The van der Waals surface area contributed by atoms with Gasteiger partial charge >= 0.3 is 0 Å². The SMILES string of the molecule is CC(C)Sc1c(Cl)cccc1NC(=O)CC1CSCCN1.Cl. The number of nitrogens with one attached hydrogen (secondary N) is 2. The van der Waals surface area contributed by atoms with E-state index in [1.54, 1.807) is 11.8 Å². The summed E-state index contributed by atoms with van der Waals surface area (Å²) < 4.78 is 0. The molecular weight excluding hydrogens is 359 g/mol. The van der Waals surface area contributed by atoms with E-state index < -0.39 is 0 Å². The molecule has 22 heavy (non-hydrogen) atoms. The Morgan fingerprint density at radius 3 is 2.95 bits per heavy atom. The molecule has 0 aromatic heterocycles. The lowest BCUT2D eigenvalue weighted by Crippen LogP contribution is -2.39. The molecule has 0 saturated carbocycles. The Kier molecular flexibility index (Phi) is 9.02. The lowest BCUT2D eigenvalue weighted by molar-refractivity contribution is -0.116. The summed E-state index contributed by atoms with van der Waals surface area (Å²) in [4.78, 5) is 13.2. The quantitative estimate of drug-likeness (QED) is 0.747. The molecule has 1 aromatic carbocycles. The summed E-state index contributed by atoms with van der Waals surface area (Å²) in [7, 11) is 0. The molecule has 0 aliphatic carbocycles. The van der Waals surface area contributed by atoms with Crippen molar-refractivity contribution in [2.24, 2.45) is 0 Å². The van der Waals surface area contributed by atoms with Crippen molar-refractivity contribution < 1.29 is 4.79 Å². The number of benzene rings is 1. The summed E-state index contributed by atoms with van der Waals surface area (Å²) in [6.07, 6.45) is 0.505. The first-order valence-corrected chi connectivity index (χ1v) is 9.53. The van der Waals surface area contributed by atoms with Crippen molar-refractivity contribution in [1.82, 2.24) is 5.32 Å². The molecular formula is C15H22Cl2N2OS2. The van der Waals surface area contributed by atoms with Crippen LogP contribution in [0.2, 0.25) is 5.02 Å². The average Bonchev–Trinajstić information content (AvgIpc) is 2.43. The number of anilines is 1. The second-order valence-corrected chi connectivity index (χ2v) is 8.41. The van der Waals surface area contributed by atoms with E-state index in [0.717, 1.165) is 28.6 Å². The van der Waals surface area contributed by atoms with E-state index in [1.165, 1.54) is 0 Å². The van der Waals surface area contributed by atoms with Crippen molar-refractivity contribution in [1.29, 1.82) is 0 Å². The van der Waals surface area contributed by atoms with Gasteiger partial charge in [-0.3, -0.25) is 4.79 Å². The van der Waals surface area contributed by atoms with E-state index in [9.17, 15) is 4.79 Å². The number of hydrogen-bond acceptors (Lipinski definition) is 4. The van der Waals surface area contributed by atoms with Crippen LogP contribution in [-0.4, -0.2) is 35.2 Å². The third-order valence-corrected chi connectivity index (χ3v) is 5.73. The highest BCUT2D eigenvalue weighted by Gasteiger charge is 2.18. The second-order valence-electron chi connectivity index (χ2n) is 5.26. The fourth-order valence-corrected chi connectivity index (χ4v) is 4.29. The topological polar surface area (TPSA) is 41.1 Å². The highest BCUT2D eigenvalue weighted by molar-refractivity contribution is 8.00. The first-order valence-electron chi connectivity index (χ1n) is 7.12. The number of hydrogen-bond donors (Lipinski definition) is 2. The number of carbonyl (C=O) groups is 1. The Morgan fingerprint density at radius 1 is 1.55 bits per heavy atom. The van der Waals surface area contributed by atoms with Gasteiger partial charge in [0.25, 0.3) is 0 Å². The molecule has 1 aliphatic heterocycles. The molecule has 2 N–H and O–H groups in total. The Hall–Kier alpha value is -0.0700. The molecule has 1 amide bonds. The van der Waals surface area contributed by atoms with E-state index in [2.05, 4.69) is 24.5 Å². The predicted octanol–water partition coefficient (Wildman–Crippen LogP) is 4.30. The largest absolute Gasteiger partial charge is 0.325 e. The molecule has 3 nitrogen and oxygen atoms in total. The van der Waals surface area contributed by atoms with E-state index >= 15 is 0 Å². The van der Waals surface area contributed by atoms with Crippen LogP contribution in [0.1, 0.15) is 20.3 Å². The van der Waals surface area contributed by atoms with Crippen molar-refractivity contribution in [3.63, 3.8) is 0 Å². The van der Waals surface area contributed by atoms with Gasteiger partial charge in [-0.2, -0.15) is 11.8 Å². The Morgan fingerprint density at radius 2 is 2.32 bits per heavy atom. The van der Waals surface area contributed by atoms with Crippen LogP contribution in [0.25, 0.3) is 0 Å². The minimum absolute atomic E-state index is 0. The molecule has 124 valence electrons. The molecule has 1 atom stereocenters. The first-order chi connectivity index (χ1) is 10.1. The van der Waals surface area contributed by atoms with Gasteiger partial charge in [0.1, 0.15) is 0 Å². The van der Waals surface area contributed by atoms with Crippen LogP contribution >= 0.6 is 47.5 Å². The molecule has 1 heterocycles. The van der Waals surface area contributed by atoms with Crippen LogP contribution in [0, 0.1) is 0 Å². The van der Waals surface area contributed by atoms with Crippen LogP contribution < -0.4 is 10.6 Å². The number of rotatable bonds is 5. The van der Waals surface area contributed by atoms with Gasteiger partial charge < -0.3 is 10.6 Å². The van der Waals surface area contributed by atoms with Crippen molar-refractivity contribution in [3.8, 4) is 0 Å². The molecule has 7 heteroatoms. The number of amides is 1. The van der Waals surface area contributed by atoms with Gasteiger partial charge in [0, 0.05) is 40.7 Å². The molecule has 1 unspecified atom stereocenters. The van der Waals surface area contributed by atoms with E-state index in [-0.39, 0.29) is 24.4 Å².